The zero-order valence-corrected chi connectivity index (χ0v) is 11.8. The smallest absolute Gasteiger partial charge is 0.171 e. The number of benzene rings is 1. The molecule has 0 radical (unpaired) electrons. The van der Waals surface area contributed by atoms with E-state index in [0.717, 1.165) is 0 Å². The molecule has 0 aliphatic heterocycles. The fourth-order valence-corrected chi connectivity index (χ4v) is 2.39. The molecule has 4 nitrogen and oxygen atoms in total. The fraction of sp³-hybridized carbons (Fsp3) is 0.0714. The second-order valence-corrected chi connectivity index (χ2v) is 5.06. The number of carbonyl (C=O) groups is 1. The first kappa shape index (κ1) is 13.1. The average molecular weight is 306 g/mol. The molecule has 0 unspecified atom stereocenters. The van der Waals surface area contributed by atoms with Crippen molar-refractivity contribution in [2.75, 3.05) is 0 Å². The number of aromatic nitrogens is 3. The minimum Gasteiger partial charge on any atom is -0.294 e. The van der Waals surface area contributed by atoms with Gasteiger partial charge in [0.05, 0.1) is 33.5 Å². The molecular weight excluding hydrogens is 297 g/mol. The van der Waals surface area contributed by atoms with Crippen LogP contribution in [0.15, 0.2) is 43.0 Å². The van der Waals surface area contributed by atoms with E-state index in [9.17, 15) is 4.79 Å². The molecule has 0 atom stereocenters. The lowest BCUT2D eigenvalue weighted by molar-refractivity contribution is 0.0994. The molecule has 3 rings (SSSR count). The van der Waals surface area contributed by atoms with Crippen molar-refractivity contribution in [3.8, 4) is 0 Å². The first-order chi connectivity index (χ1) is 9.66. The molecule has 0 bridgehead atoms. The Balaban J connectivity index is 1.95. The summed E-state index contributed by atoms with van der Waals surface area (Å²) in [6, 6.07) is 5.25. The zero-order valence-electron chi connectivity index (χ0n) is 10.3. The molecule has 0 N–H and O–H groups in total. The van der Waals surface area contributed by atoms with Gasteiger partial charge in [-0.3, -0.25) is 9.78 Å². The molecule has 0 amide bonds. The summed E-state index contributed by atoms with van der Waals surface area (Å²) >= 11 is 12.0. The minimum atomic E-state index is -0.0721. The van der Waals surface area contributed by atoms with Crippen LogP contribution in [0.1, 0.15) is 15.9 Å². The van der Waals surface area contributed by atoms with E-state index in [1.165, 1.54) is 6.20 Å². The van der Waals surface area contributed by atoms with E-state index < -0.39 is 0 Å². The SMILES string of the molecule is O=C(Cc1cccc(Cl)c1Cl)c1cnn2ccncc12. The number of Topliss-reactive ketones (excluding diaryl/α,β-unsaturated/α-hetero) is 1. The normalized spacial score (nSPS) is 10.9. The van der Waals surface area contributed by atoms with Crippen LogP contribution < -0.4 is 0 Å². The zero-order chi connectivity index (χ0) is 14.1. The van der Waals surface area contributed by atoms with E-state index in [2.05, 4.69) is 10.1 Å². The Morgan fingerprint density at radius 2 is 2.10 bits per heavy atom. The first-order valence-corrected chi connectivity index (χ1v) is 6.66. The van der Waals surface area contributed by atoms with Gasteiger partial charge in [0.15, 0.2) is 5.78 Å². The molecule has 100 valence electrons. The van der Waals surface area contributed by atoms with Gasteiger partial charge >= 0.3 is 0 Å². The van der Waals surface area contributed by atoms with Gasteiger partial charge in [0.2, 0.25) is 0 Å². The maximum atomic E-state index is 12.4. The maximum absolute atomic E-state index is 12.4. The Kier molecular flexibility index (Phi) is 3.42. The van der Waals surface area contributed by atoms with Crippen molar-refractivity contribution in [1.82, 2.24) is 14.6 Å². The number of fused-ring (bicyclic) bond motifs is 1. The van der Waals surface area contributed by atoms with Crippen molar-refractivity contribution in [2.45, 2.75) is 6.42 Å². The molecule has 1 aromatic carbocycles. The van der Waals surface area contributed by atoms with Crippen LogP contribution in [0, 0.1) is 0 Å². The van der Waals surface area contributed by atoms with Crippen LogP contribution in [0.4, 0.5) is 0 Å². The molecule has 2 aromatic heterocycles. The number of rotatable bonds is 3. The predicted molar refractivity (Wildman–Crippen MR) is 77.5 cm³/mol. The minimum absolute atomic E-state index is 0.0721. The van der Waals surface area contributed by atoms with Gasteiger partial charge < -0.3 is 0 Å². The second-order valence-electron chi connectivity index (χ2n) is 4.28. The van der Waals surface area contributed by atoms with Crippen molar-refractivity contribution in [2.24, 2.45) is 0 Å². The van der Waals surface area contributed by atoms with Gasteiger partial charge in [0.25, 0.3) is 0 Å². The lowest BCUT2D eigenvalue weighted by Gasteiger charge is -2.04. The largest absolute Gasteiger partial charge is 0.294 e. The quantitative estimate of drug-likeness (QED) is 0.696. The third-order valence-corrected chi connectivity index (χ3v) is 3.87. The monoisotopic (exact) mass is 305 g/mol. The summed E-state index contributed by atoms with van der Waals surface area (Å²) in [5.74, 6) is -0.0721. The van der Waals surface area contributed by atoms with Crippen molar-refractivity contribution in [3.63, 3.8) is 0 Å². The van der Waals surface area contributed by atoms with Crippen LogP contribution in [-0.4, -0.2) is 20.4 Å². The second kappa shape index (κ2) is 5.23. The summed E-state index contributed by atoms with van der Waals surface area (Å²) in [7, 11) is 0. The summed E-state index contributed by atoms with van der Waals surface area (Å²) in [6.45, 7) is 0. The van der Waals surface area contributed by atoms with E-state index in [4.69, 9.17) is 23.2 Å². The summed E-state index contributed by atoms with van der Waals surface area (Å²) in [5.41, 5.74) is 1.90. The van der Waals surface area contributed by atoms with Gasteiger partial charge in [-0.2, -0.15) is 5.10 Å². The fourth-order valence-electron chi connectivity index (χ4n) is 2.00. The van der Waals surface area contributed by atoms with Gasteiger partial charge in [-0.05, 0) is 11.6 Å². The van der Waals surface area contributed by atoms with Gasteiger partial charge in [-0.1, -0.05) is 35.3 Å². The Bertz CT molecular complexity index is 798. The number of nitrogens with zero attached hydrogens (tertiary/aromatic N) is 3. The molecule has 3 aromatic rings. The highest BCUT2D eigenvalue weighted by Crippen LogP contribution is 2.26. The van der Waals surface area contributed by atoms with Crippen LogP contribution in [0.2, 0.25) is 10.0 Å². The van der Waals surface area contributed by atoms with Crippen molar-refractivity contribution >= 4 is 34.5 Å². The Hall–Kier alpha value is -1.91. The van der Waals surface area contributed by atoms with Gasteiger partial charge in [-0.25, -0.2) is 4.52 Å². The predicted octanol–water partition coefficient (Wildman–Crippen LogP) is 3.46. The molecule has 2 heterocycles. The highest BCUT2D eigenvalue weighted by Gasteiger charge is 2.15. The van der Waals surface area contributed by atoms with Crippen LogP contribution >= 0.6 is 23.2 Å². The first-order valence-electron chi connectivity index (χ1n) is 5.90. The highest BCUT2D eigenvalue weighted by molar-refractivity contribution is 6.42. The Morgan fingerprint density at radius 3 is 2.95 bits per heavy atom. The number of carbonyl (C=O) groups excluding carboxylic acids is 1. The van der Waals surface area contributed by atoms with Gasteiger partial charge in [-0.15, -0.1) is 0 Å². The number of hydrogen-bond acceptors (Lipinski definition) is 3. The summed E-state index contributed by atoms with van der Waals surface area (Å²) in [5, 5.41) is 4.98. The molecule has 0 aliphatic rings. The molecule has 0 aliphatic carbocycles. The Labute approximate surface area is 125 Å². The van der Waals surface area contributed by atoms with E-state index >= 15 is 0 Å². The molecule has 0 saturated heterocycles. The Morgan fingerprint density at radius 1 is 1.25 bits per heavy atom. The third kappa shape index (κ3) is 2.28. The molecule has 0 fully saturated rings. The molecule has 0 spiro atoms. The summed E-state index contributed by atoms with van der Waals surface area (Å²) in [6.07, 6.45) is 6.63. The molecule has 0 saturated carbocycles. The highest BCUT2D eigenvalue weighted by atomic mass is 35.5. The number of halogens is 2. The standard InChI is InChI=1S/C14H9Cl2N3O/c15-11-3-1-2-9(14(11)16)6-13(20)10-7-18-19-5-4-17-8-12(10)19/h1-5,7-8H,6H2. The van der Waals surface area contributed by atoms with Crippen molar-refractivity contribution in [3.05, 3.63) is 64.2 Å². The lowest BCUT2D eigenvalue weighted by Crippen LogP contribution is -2.04. The topological polar surface area (TPSA) is 47.3 Å². The van der Waals surface area contributed by atoms with Crippen LogP contribution in [0.5, 0.6) is 0 Å². The molecular formula is C14H9Cl2N3O. The van der Waals surface area contributed by atoms with Crippen molar-refractivity contribution < 1.29 is 4.79 Å². The summed E-state index contributed by atoms with van der Waals surface area (Å²) in [4.78, 5) is 16.4. The van der Waals surface area contributed by atoms with E-state index in [-0.39, 0.29) is 12.2 Å². The van der Waals surface area contributed by atoms with E-state index in [0.29, 0.717) is 26.7 Å². The third-order valence-electron chi connectivity index (χ3n) is 3.01. The molecule has 20 heavy (non-hydrogen) atoms. The number of ketones is 1. The average Bonchev–Trinajstić information content (AvgIpc) is 2.88. The molecule has 6 heteroatoms. The van der Waals surface area contributed by atoms with Crippen LogP contribution in [0.3, 0.4) is 0 Å². The van der Waals surface area contributed by atoms with E-state index in [1.54, 1.807) is 41.3 Å². The maximum Gasteiger partial charge on any atom is 0.171 e. The van der Waals surface area contributed by atoms with Crippen molar-refractivity contribution in [1.29, 1.82) is 0 Å². The van der Waals surface area contributed by atoms with Gasteiger partial charge in [0, 0.05) is 18.8 Å². The summed E-state index contributed by atoms with van der Waals surface area (Å²) < 4.78 is 1.61. The van der Waals surface area contributed by atoms with Gasteiger partial charge in [0.1, 0.15) is 0 Å². The van der Waals surface area contributed by atoms with Crippen LogP contribution in [-0.2, 0) is 6.42 Å². The lowest BCUT2D eigenvalue weighted by atomic mass is 10.0. The van der Waals surface area contributed by atoms with E-state index in [1.807, 2.05) is 0 Å². The number of hydrogen-bond donors (Lipinski definition) is 0. The van der Waals surface area contributed by atoms with Crippen LogP contribution in [0.25, 0.3) is 5.52 Å².